The van der Waals surface area contributed by atoms with Gasteiger partial charge in [-0.25, -0.2) is 14.5 Å². The smallest absolute Gasteiger partial charge is 0.315 e. The molecule has 3 rings (SSSR count). The molecular weight excluding hydrogens is 254 g/mol. The Morgan fingerprint density at radius 3 is 2.70 bits per heavy atom. The highest BCUT2D eigenvalue weighted by molar-refractivity contribution is 5.75. The number of nitrogens with zero attached hydrogens (tertiary/aromatic N) is 3. The van der Waals surface area contributed by atoms with Gasteiger partial charge in [0.05, 0.1) is 11.7 Å². The van der Waals surface area contributed by atoms with E-state index in [2.05, 4.69) is 20.7 Å². The van der Waals surface area contributed by atoms with Gasteiger partial charge < -0.3 is 10.6 Å². The monoisotopic (exact) mass is 271 g/mol. The van der Waals surface area contributed by atoms with E-state index < -0.39 is 0 Å². The molecule has 0 aliphatic heterocycles. The van der Waals surface area contributed by atoms with Gasteiger partial charge in [-0.1, -0.05) is 12.1 Å². The van der Waals surface area contributed by atoms with Gasteiger partial charge in [0.2, 0.25) is 0 Å². The highest BCUT2D eigenvalue weighted by Crippen LogP contribution is 2.19. The van der Waals surface area contributed by atoms with Crippen LogP contribution in [-0.4, -0.2) is 26.8 Å². The highest BCUT2D eigenvalue weighted by Gasteiger charge is 2.23. The zero-order chi connectivity index (χ0) is 13.9. The third-order valence-corrected chi connectivity index (χ3v) is 3.34. The molecule has 1 aliphatic carbocycles. The van der Waals surface area contributed by atoms with E-state index in [1.54, 1.807) is 11.0 Å². The molecule has 2 aromatic rings. The molecule has 0 bridgehead atoms. The Labute approximate surface area is 117 Å². The van der Waals surface area contributed by atoms with Crippen LogP contribution in [-0.2, 0) is 0 Å². The van der Waals surface area contributed by atoms with Gasteiger partial charge in [0, 0.05) is 6.04 Å². The Balaban J connectivity index is 1.62. The van der Waals surface area contributed by atoms with Crippen LogP contribution in [0.5, 0.6) is 0 Å². The molecule has 6 nitrogen and oxygen atoms in total. The second kappa shape index (κ2) is 5.32. The maximum absolute atomic E-state index is 11.7. The van der Waals surface area contributed by atoms with Crippen molar-refractivity contribution in [2.24, 2.45) is 0 Å². The highest BCUT2D eigenvalue weighted by atomic mass is 16.2. The molecular formula is C14H17N5O. The summed E-state index contributed by atoms with van der Waals surface area (Å²) in [5.74, 6) is 0. The zero-order valence-electron chi connectivity index (χ0n) is 11.3. The summed E-state index contributed by atoms with van der Waals surface area (Å²) in [4.78, 5) is 15.6. The quantitative estimate of drug-likeness (QED) is 0.890. The normalized spacial score (nSPS) is 15.7. The van der Waals surface area contributed by atoms with Gasteiger partial charge in [0.1, 0.15) is 12.7 Å². The maximum atomic E-state index is 11.7. The molecule has 1 aromatic carbocycles. The fraction of sp³-hybridized carbons (Fsp3) is 0.357. The molecule has 104 valence electrons. The number of amides is 2. The number of carbonyl (C=O) groups excluding carboxylic acids is 1. The zero-order valence-corrected chi connectivity index (χ0v) is 11.3. The summed E-state index contributed by atoms with van der Waals surface area (Å²) >= 11 is 0. The van der Waals surface area contributed by atoms with Crippen LogP contribution in [0.3, 0.4) is 0 Å². The number of hydrogen-bond donors (Lipinski definition) is 2. The van der Waals surface area contributed by atoms with E-state index in [1.807, 2.05) is 31.2 Å². The molecule has 1 atom stereocenters. The van der Waals surface area contributed by atoms with Crippen LogP contribution in [0.1, 0.15) is 31.4 Å². The van der Waals surface area contributed by atoms with Gasteiger partial charge in [0.15, 0.2) is 0 Å². The predicted molar refractivity (Wildman–Crippen MR) is 74.5 cm³/mol. The van der Waals surface area contributed by atoms with Crippen LogP contribution in [0, 0.1) is 0 Å². The lowest BCUT2D eigenvalue weighted by molar-refractivity contribution is 0.237. The van der Waals surface area contributed by atoms with Crippen molar-refractivity contribution < 1.29 is 4.79 Å². The summed E-state index contributed by atoms with van der Waals surface area (Å²) in [6.45, 7) is 1.97. The van der Waals surface area contributed by atoms with E-state index in [1.165, 1.54) is 6.33 Å². The Bertz CT molecular complexity index is 574. The summed E-state index contributed by atoms with van der Waals surface area (Å²) in [7, 11) is 0. The van der Waals surface area contributed by atoms with Gasteiger partial charge in [-0.15, -0.1) is 0 Å². The van der Waals surface area contributed by atoms with Crippen molar-refractivity contribution in [1.29, 1.82) is 0 Å². The molecule has 1 aliphatic rings. The minimum atomic E-state index is -0.0969. The SMILES string of the molecule is CC(NC(=O)NC1CC1)c1ccc(-n2cncn2)cc1. The molecule has 2 amide bonds. The minimum absolute atomic E-state index is 0.0291. The third-order valence-electron chi connectivity index (χ3n) is 3.34. The first kappa shape index (κ1) is 12.7. The first-order valence-corrected chi connectivity index (χ1v) is 6.74. The number of aromatic nitrogens is 3. The van der Waals surface area contributed by atoms with Crippen LogP contribution < -0.4 is 10.6 Å². The van der Waals surface area contributed by atoms with E-state index in [4.69, 9.17) is 0 Å². The Morgan fingerprint density at radius 1 is 1.35 bits per heavy atom. The molecule has 1 aromatic heterocycles. The lowest BCUT2D eigenvalue weighted by Crippen LogP contribution is -2.38. The van der Waals surface area contributed by atoms with Crippen LogP contribution in [0.15, 0.2) is 36.9 Å². The van der Waals surface area contributed by atoms with E-state index in [9.17, 15) is 4.79 Å². The molecule has 0 saturated heterocycles. The fourth-order valence-corrected chi connectivity index (χ4v) is 1.99. The molecule has 0 radical (unpaired) electrons. The molecule has 1 unspecified atom stereocenters. The van der Waals surface area contributed by atoms with E-state index >= 15 is 0 Å². The summed E-state index contributed by atoms with van der Waals surface area (Å²) < 4.78 is 1.70. The summed E-state index contributed by atoms with van der Waals surface area (Å²) in [6.07, 6.45) is 5.34. The van der Waals surface area contributed by atoms with Crippen molar-refractivity contribution in [3.8, 4) is 5.69 Å². The van der Waals surface area contributed by atoms with Gasteiger partial charge in [-0.05, 0) is 37.5 Å². The molecule has 20 heavy (non-hydrogen) atoms. The van der Waals surface area contributed by atoms with Gasteiger partial charge in [-0.2, -0.15) is 5.10 Å². The molecule has 6 heteroatoms. The Hall–Kier alpha value is -2.37. The number of nitrogens with one attached hydrogen (secondary N) is 2. The number of hydrogen-bond acceptors (Lipinski definition) is 3. The van der Waals surface area contributed by atoms with Crippen LogP contribution in [0.2, 0.25) is 0 Å². The van der Waals surface area contributed by atoms with Crippen molar-refractivity contribution in [3.63, 3.8) is 0 Å². The first-order chi connectivity index (χ1) is 9.72. The molecule has 1 saturated carbocycles. The summed E-state index contributed by atoms with van der Waals surface area (Å²) in [5, 5.41) is 9.93. The fourth-order valence-electron chi connectivity index (χ4n) is 1.99. The number of benzene rings is 1. The van der Waals surface area contributed by atoms with Crippen molar-refractivity contribution in [2.75, 3.05) is 0 Å². The second-order valence-electron chi connectivity index (χ2n) is 5.05. The average molecular weight is 271 g/mol. The largest absolute Gasteiger partial charge is 0.335 e. The third kappa shape index (κ3) is 2.96. The van der Waals surface area contributed by atoms with Crippen molar-refractivity contribution in [1.82, 2.24) is 25.4 Å². The van der Waals surface area contributed by atoms with Crippen molar-refractivity contribution in [2.45, 2.75) is 31.8 Å². The van der Waals surface area contributed by atoms with Crippen molar-refractivity contribution in [3.05, 3.63) is 42.5 Å². The summed E-state index contributed by atoms with van der Waals surface area (Å²) in [6, 6.07) is 8.14. The first-order valence-electron chi connectivity index (χ1n) is 6.74. The molecule has 2 N–H and O–H groups in total. The Morgan fingerprint density at radius 2 is 2.10 bits per heavy atom. The number of carbonyl (C=O) groups is 1. The predicted octanol–water partition coefficient (Wildman–Crippen LogP) is 1.79. The van der Waals surface area contributed by atoms with Crippen LogP contribution in [0.4, 0.5) is 4.79 Å². The lowest BCUT2D eigenvalue weighted by Gasteiger charge is -2.15. The minimum Gasteiger partial charge on any atom is -0.335 e. The van der Waals surface area contributed by atoms with E-state index in [-0.39, 0.29) is 12.1 Å². The van der Waals surface area contributed by atoms with Crippen molar-refractivity contribution >= 4 is 6.03 Å². The average Bonchev–Trinajstić information content (AvgIpc) is 3.08. The number of urea groups is 1. The summed E-state index contributed by atoms with van der Waals surface area (Å²) in [5.41, 5.74) is 2.00. The van der Waals surface area contributed by atoms with Gasteiger partial charge in [0.25, 0.3) is 0 Å². The molecule has 1 fully saturated rings. The second-order valence-corrected chi connectivity index (χ2v) is 5.05. The Kier molecular flexibility index (Phi) is 3.37. The molecule has 0 spiro atoms. The standard InChI is InChI=1S/C14H17N5O/c1-10(17-14(20)18-12-4-5-12)11-2-6-13(7-3-11)19-9-15-8-16-19/h2-3,6-10,12H,4-5H2,1H3,(H2,17,18,20). The lowest BCUT2D eigenvalue weighted by atomic mass is 10.1. The van der Waals surface area contributed by atoms with Gasteiger partial charge >= 0.3 is 6.03 Å². The maximum Gasteiger partial charge on any atom is 0.315 e. The van der Waals surface area contributed by atoms with E-state index in [0.29, 0.717) is 6.04 Å². The van der Waals surface area contributed by atoms with Gasteiger partial charge in [-0.3, -0.25) is 0 Å². The molecule has 1 heterocycles. The topological polar surface area (TPSA) is 71.8 Å². The number of rotatable bonds is 4. The van der Waals surface area contributed by atoms with Crippen LogP contribution in [0.25, 0.3) is 5.69 Å². The van der Waals surface area contributed by atoms with E-state index in [0.717, 1.165) is 24.1 Å². The van der Waals surface area contributed by atoms with Crippen LogP contribution >= 0.6 is 0 Å².